The van der Waals surface area contributed by atoms with Crippen molar-refractivity contribution in [2.45, 2.75) is 0 Å². The number of pyridine rings is 1. The van der Waals surface area contributed by atoms with E-state index in [1.165, 1.54) is 6.08 Å². The number of methoxy groups -OCH3 is 1. The minimum absolute atomic E-state index is 0.707. The van der Waals surface area contributed by atoms with Crippen molar-refractivity contribution < 1.29 is 9.53 Å². The van der Waals surface area contributed by atoms with Crippen LogP contribution in [0.3, 0.4) is 0 Å². The van der Waals surface area contributed by atoms with E-state index >= 15 is 0 Å². The van der Waals surface area contributed by atoms with Crippen molar-refractivity contribution in [3.63, 3.8) is 0 Å². The molecule has 0 aromatic carbocycles. The zero-order valence-electron chi connectivity index (χ0n) is 6.73. The summed E-state index contributed by atoms with van der Waals surface area (Å²) >= 11 is 0. The first-order chi connectivity index (χ1) is 5.86. The summed E-state index contributed by atoms with van der Waals surface area (Å²) in [5.41, 5.74) is 0.739. The van der Waals surface area contributed by atoms with Crippen molar-refractivity contribution in [3.8, 4) is 5.75 Å². The molecule has 3 nitrogen and oxygen atoms in total. The van der Waals surface area contributed by atoms with E-state index < -0.39 is 0 Å². The molecule has 0 atom stereocenters. The lowest BCUT2D eigenvalue weighted by Crippen LogP contribution is -1.85. The quantitative estimate of drug-likeness (QED) is 0.498. The largest absolute Gasteiger partial charge is 0.495 e. The van der Waals surface area contributed by atoms with Gasteiger partial charge in [0.2, 0.25) is 0 Å². The van der Waals surface area contributed by atoms with Gasteiger partial charge in [0.1, 0.15) is 12.0 Å². The second-order valence-corrected chi connectivity index (χ2v) is 2.12. The molecule has 0 spiro atoms. The summed E-state index contributed by atoms with van der Waals surface area (Å²) in [6, 6.07) is 3.57. The van der Waals surface area contributed by atoms with E-state index in [0.29, 0.717) is 12.0 Å². The van der Waals surface area contributed by atoms with Crippen LogP contribution in [-0.2, 0) is 4.79 Å². The third-order valence-corrected chi connectivity index (χ3v) is 1.34. The molecule has 0 fully saturated rings. The summed E-state index contributed by atoms with van der Waals surface area (Å²) < 4.78 is 4.92. The van der Waals surface area contributed by atoms with Gasteiger partial charge in [0.15, 0.2) is 0 Å². The van der Waals surface area contributed by atoms with Crippen molar-refractivity contribution in [2.75, 3.05) is 7.11 Å². The molecule has 3 heteroatoms. The second kappa shape index (κ2) is 4.28. The molecule has 1 aromatic heterocycles. The van der Waals surface area contributed by atoms with E-state index in [2.05, 4.69) is 4.98 Å². The fraction of sp³-hybridized carbons (Fsp3) is 0.111. The van der Waals surface area contributed by atoms with Crippen LogP contribution >= 0.6 is 0 Å². The molecule has 62 valence electrons. The molecule has 12 heavy (non-hydrogen) atoms. The maximum Gasteiger partial charge on any atom is 0.142 e. The molecule has 0 saturated heterocycles. The molecule has 0 aliphatic rings. The Morgan fingerprint density at radius 3 is 2.83 bits per heavy atom. The van der Waals surface area contributed by atoms with E-state index in [-0.39, 0.29) is 0 Å². The zero-order chi connectivity index (χ0) is 8.81. The van der Waals surface area contributed by atoms with Gasteiger partial charge in [-0.15, -0.1) is 0 Å². The molecule has 0 aliphatic carbocycles. The maximum absolute atomic E-state index is 9.96. The van der Waals surface area contributed by atoms with Gasteiger partial charge in [0.05, 0.1) is 19.0 Å². The SMILES string of the molecule is COc1ccc(C=CC=O)nc1. The lowest BCUT2D eigenvalue weighted by molar-refractivity contribution is -0.104. The van der Waals surface area contributed by atoms with Crippen LogP contribution in [0.2, 0.25) is 0 Å². The summed E-state index contributed by atoms with van der Waals surface area (Å²) in [4.78, 5) is 14.0. The number of carbonyl (C=O) groups is 1. The maximum atomic E-state index is 9.96. The topological polar surface area (TPSA) is 39.2 Å². The Morgan fingerprint density at radius 2 is 2.33 bits per heavy atom. The number of hydrogen-bond donors (Lipinski definition) is 0. The predicted molar refractivity (Wildman–Crippen MR) is 45.9 cm³/mol. The molecule has 0 aliphatic heterocycles. The molecule has 0 saturated carbocycles. The predicted octanol–water partition coefficient (Wildman–Crippen LogP) is 1.30. The van der Waals surface area contributed by atoms with E-state index in [1.807, 2.05) is 0 Å². The van der Waals surface area contributed by atoms with Gasteiger partial charge in [-0.2, -0.15) is 0 Å². The molecule has 0 unspecified atom stereocenters. The minimum Gasteiger partial charge on any atom is -0.495 e. The molecular weight excluding hydrogens is 154 g/mol. The third kappa shape index (κ3) is 2.20. The van der Waals surface area contributed by atoms with Gasteiger partial charge in [0.25, 0.3) is 0 Å². The highest BCUT2D eigenvalue weighted by atomic mass is 16.5. The normalized spacial score (nSPS) is 10.1. The Bertz CT molecular complexity index is 277. The molecule has 1 aromatic rings. The average molecular weight is 163 g/mol. The Balaban J connectivity index is 2.77. The third-order valence-electron chi connectivity index (χ3n) is 1.34. The highest BCUT2D eigenvalue weighted by Gasteiger charge is 1.89. The smallest absolute Gasteiger partial charge is 0.142 e. The summed E-state index contributed by atoms with van der Waals surface area (Å²) in [6.07, 6.45) is 5.34. The molecule has 0 bridgehead atoms. The summed E-state index contributed by atoms with van der Waals surface area (Å²) in [5, 5.41) is 0. The van der Waals surface area contributed by atoms with E-state index in [4.69, 9.17) is 4.74 Å². The van der Waals surface area contributed by atoms with Crippen molar-refractivity contribution >= 4 is 12.4 Å². The highest BCUT2D eigenvalue weighted by Crippen LogP contribution is 2.08. The van der Waals surface area contributed by atoms with Crippen molar-refractivity contribution in [3.05, 3.63) is 30.1 Å². The summed E-state index contributed by atoms with van der Waals surface area (Å²) in [6.45, 7) is 0. The van der Waals surface area contributed by atoms with Crippen LogP contribution in [0, 0.1) is 0 Å². The fourth-order valence-electron chi connectivity index (χ4n) is 0.749. The lowest BCUT2D eigenvalue weighted by Gasteiger charge is -1.97. The van der Waals surface area contributed by atoms with Gasteiger partial charge in [-0.25, -0.2) is 0 Å². The van der Waals surface area contributed by atoms with Crippen molar-refractivity contribution in [2.24, 2.45) is 0 Å². The Morgan fingerprint density at radius 1 is 1.50 bits per heavy atom. The highest BCUT2D eigenvalue weighted by molar-refractivity contribution is 5.72. The van der Waals surface area contributed by atoms with Crippen LogP contribution in [0.4, 0.5) is 0 Å². The van der Waals surface area contributed by atoms with Crippen LogP contribution in [-0.4, -0.2) is 18.4 Å². The van der Waals surface area contributed by atoms with E-state index in [9.17, 15) is 4.79 Å². The number of carbonyl (C=O) groups excluding carboxylic acids is 1. The van der Waals surface area contributed by atoms with Crippen LogP contribution in [0.1, 0.15) is 5.69 Å². The minimum atomic E-state index is 0.707. The van der Waals surface area contributed by atoms with Gasteiger partial charge in [-0.05, 0) is 24.3 Å². The zero-order valence-corrected chi connectivity index (χ0v) is 6.73. The number of nitrogens with zero attached hydrogens (tertiary/aromatic N) is 1. The van der Waals surface area contributed by atoms with Crippen LogP contribution < -0.4 is 4.74 Å². The number of rotatable bonds is 3. The average Bonchev–Trinajstić information content (AvgIpc) is 2.15. The van der Waals surface area contributed by atoms with Gasteiger partial charge in [-0.3, -0.25) is 9.78 Å². The number of hydrogen-bond acceptors (Lipinski definition) is 3. The second-order valence-electron chi connectivity index (χ2n) is 2.12. The number of aromatic nitrogens is 1. The van der Waals surface area contributed by atoms with Crippen LogP contribution in [0.25, 0.3) is 6.08 Å². The molecule has 0 amide bonds. The number of ether oxygens (including phenoxy) is 1. The van der Waals surface area contributed by atoms with Gasteiger partial charge in [-0.1, -0.05) is 0 Å². The fourth-order valence-corrected chi connectivity index (χ4v) is 0.749. The molecule has 1 rings (SSSR count). The number of aldehydes is 1. The molecular formula is C9H9NO2. The molecule has 0 N–H and O–H groups in total. The molecule has 1 heterocycles. The standard InChI is InChI=1S/C9H9NO2/c1-12-9-5-4-8(10-7-9)3-2-6-11/h2-7H,1H3. The summed E-state index contributed by atoms with van der Waals surface area (Å²) in [5.74, 6) is 0.707. The van der Waals surface area contributed by atoms with Crippen molar-refractivity contribution in [1.82, 2.24) is 4.98 Å². The monoisotopic (exact) mass is 163 g/mol. The van der Waals surface area contributed by atoms with Crippen LogP contribution in [0.5, 0.6) is 5.75 Å². The van der Waals surface area contributed by atoms with Gasteiger partial charge in [0, 0.05) is 0 Å². The first kappa shape index (κ1) is 8.46. The van der Waals surface area contributed by atoms with Gasteiger partial charge >= 0.3 is 0 Å². The Kier molecular flexibility index (Phi) is 3.02. The van der Waals surface area contributed by atoms with E-state index in [1.54, 1.807) is 31.5 Å². The summed E-state index contributed by atoms with van der Waals surface area (Å²) in [7, 11) is 1.58. The Labute approximate surface area is 70.7 Å². The van der Waals surface area contributed by atoms with Gasteiger partial charge < -0.3 is 4.74 Å². The van der Waals surface area contributed by atoms with E-state index in [0.717, 1.165) is 5.69 Å². The number of allylic oxidation sites excluding steroid dienone is 1. The Hall–Kier alpha value is -1.64. The first-order valence-corrected chi connectivity index (χ1v) is 3.48. The van der Waals surface area contributed by atoms with Crippen LogP contribution in [0.15, 0.2) is 24.4 Å². The van der Waals surface area contributed by atoms with Crippen molar-refractivity contribution in [1.29, 1.82) is 0 Å². The molecule has 0 radical (unpaired) electrons. The lowest BCUT2D eigenvalue weighted by atomic mass is 10.3. The first-order valence-electron chi connectivity index (χ1n) is 3.48.